The second-order valence-corrected chi connectivity index (χ2v) is 5.74. The molecule has 4 heteroatoms. The van der Waals surface area contributed by atoms with Crippen LogP contribution in [0, 0.1) is 5.92 Å². The molecule has 2 aromatic rings. The predicted molar refractivity (Wildman–Crippen MR) is 87.0 cm³/mol. The summed E-state index contributed by atoms with van der Waals surface area (Å²) in [7, 11) is 0. The second kappa shape index (κ2) is 7.07. The van der Waals surface area contributed by atoms with Gasteiger partial charge in [0.2, 0.25) is 5.91 Å². The topological polar surface area (TPSA) is 38.1 Å². The van der Waals surface area contributed by atoms with Gasteiger partial charge in [0, 0.05) is 38.1 Å². The third-order valence-corrected chi connectivity index (χ3v) is 4.15. The molecule has 1 aromatic carbocycles. The lowest BCUT2D eigenvalue weighted by atomic mass is 9.97. The van der Waals surface area contributed by atoms with Crippen LogP contribution in [0.4, 0.5) is 0 Å². The SMILES string of the molecule is O=C(C=Cc1ccccc1)N1CCC(Cn2cccn2)CC1. The first kappa shape index (κ1) is 14.6. The van der Waals surface area contributed by atoms with Gasteiger partial charge in [-0.2, -0.15) is 5.10 Å². The zero-order valence-corrected chi connectivity index (χ0v) is 12.6. The number of carbonyl (C=O) groups excluding carboxylic acids is 1. The zero-order valence-electron chi connectivity index (χ0n) is 12.6. The first-order chi connectivity index (χ1) is 10.8. The Morgan fingerprint density at radius 2 is 1.95 bits per heavy atom. The summed E-state index contributed by atoms with van der Waals surface area (Å²) in [6, 6.07) is 11.9. The molecule has 0 saturated carbocycles. The maximum absolute atomic E-state index is 12.2. The largest absolute Gasteiger partial charge is 0.339 e. The van der Waals surface area contributed by atoms with Gasteiger partial charge in [-0.3, -0.25) is 9.48 Å². The van der Waals surface area contributed by atoms with E-state index in [4.69, 9.17) is 0 Å². The first-order valence-electron chi connectivity index (χ1n) is 7.81. The molecular formula is C18H21N3O. The molecule has 1 aliphatic rings. The Balaban J connectivity index is 1.48. The van der Waals surface area contributed by atoms with Crippen molar-refractivity contribution in [3.63, 3.8) is 0 Å². The predicted octanol–water partition coefficient (Wildman–Crippen LogP) is 2.84. The maximum atomic E-state index is 12.2. The minimum atomic E-state index is 0.112. The van der Waals surface area contributed by atoms with Crippen molar-refractivity contribution in [2.75, 3.05) is 13.1 Å². The highest BCUT2D eigenvalue weighted by molar-refractivity contribution is 5.91. The van der Waals surface area contributed by atoms with Crippen molar-refractivity contribution in [3.8, 4) is 0 Å². The van der Waals surface area contributed by atoms with Crippen LogP contribution in [0.1, 0.15) is 18.4 Å². The fourth-order valence-corrected chi connectivity index (χ4v) is 2.85. The van der Waals surface area contributed by atoms with E-state index in [2.05, 4.69) is 5.10 Å². The van der Waals surface area contributed by atoms with E-state index in [9.17, 15) is 4.79 Å². The summed E-state index contributed by atoms with van der Waals surface area (Å²) in [5, 5.41) is 4.25. The van der Waals surface area contributed by atoms with E-state index in [1.165, 1.54) is 0 Å². The maximum Gasteiger partial charge on any atom is 0.246 e. The van der Waals surface area contributed by atoms with Crippen molar-refractivity contribution in [3.05, 3.63) is 60.4 Å². The Kier molecular flexibility index (Phi) is 4.68. The van der Waals surface area contributed by atoms with Gasteiger partial charge in [-0.1, -0.05) is 30.3 Å². The summed E-state index contributed by atoms with van der Waals surface area (Å²) < 4.78 is 1.98. The normalized spacial score (nSPS) is 16.3. The Labute approximate surface area is 131 Å². The van der Waals surface area contributed by atoms with E-state index in [1.54, 1.807) is 6.08 Å². The standard InChI is InChI=1S/C18H21N3O/c22-18(8-7-16-5-2-1-3-6-16)20-13-9-17(10-14-20)15-21-12-4-11-19-21/h1-8,11-12,17H,9-10,13-15H2. The number of rotatable bonds is 4. The number of aromatic nitrogens is 2. The number of piperidine rings is 1. The van der Waals surface area contributed by atoms with E-state index in [-0.39, 0.29) is 5.91 Å². The Bertz CT molecular complexity index is 611. The fraction of sp³-hybridized carbons (Fsp3) is 0.333. The van der Waals surface area contributed by atoms with Crippen LogP contribution < -0.4 is 0 Å². The number of hydrogen-bond acceptors (Lipinski definition) is 2. The fourth-order valence-electron chi connectivity index (χ4n) is 2.85. The van der Waals surface area contributed by atoms with Gasteiger partial charge in [-0.25, -0.2) is 0 Å². The summed E-state index contributed by atoms with van der Waals surface area (Å²) in [5.41, 5.74) is 1.06. The molecule has 4 nitrogen and oxygen atoms in total. The lowest BCUT2D eigenvalue weighted by Gasteiger charge is -2.31. The average Bonchev–Trinajstić information content (AvgIpc) is 3.07. The van der Waals surface area contributed by atoms with Crippen molar-refractivity contribution in [1.29, 1.82) is 0 Å². The van der Waals surface area contributed by atoms with Crippen molar-refractivity contribution >= 4 is 12.0 Å². The number of benzene rings is 1. The molecule has 0 N–H and O–H groups in total. The van der Waals surface area contributed by atoms with Gasteiger partial charge in [-0.05, 0) is 36.5 Å². The molecule has 1 amide bonds. The van der Waals surface area contributed by atoms with E-state index >= 15 is 0 Å². The number of likely N-dealkylation sites (tertiary alicyclic amines) is 1. The third kappa shape index (κ3) is 3.85. The molecule has 1 saturated heterocycles. The monoisotopic (exact) mass is 295 g/mol. The van der Waals surface area contributed by atoms with E-state index < -0.39 is 0 Å². The molecule has 22 heavy (non-hydrogen) atoms. The quantitative estimate of drug-likeness (QED) is 0.814. The van der Waals surface area contributed by atoms with Gasteiger partial charge < -0.3 is 4.90 Å². The molecule has 1 fully saturated rings. The molecular weight excluding hydrogens is 274 g/mol. The lowest BCUT2D eigenvalue weighted by molar-refractivity contribution is -0.127. The molecule has 0 bridgehead atoms. The average molecular weight is 295 g/mol. The van der Waals surface area contributed by atoms with Crippen molar-refractivity contribution < 1.29 is 4.79 Å². The van der Waals surface area contributed by atoms with Gasteiger partial charge in [-0.15, -0.1) is 0 Å². The molecule has 0 atom stereocenters. The number of hydrogen-bond donors (Lipinski definition) is 0. The molecule has 1 aliphatic heterocycles. The molecule has 1 aromatic heterocycles. The van der Waals surface area contributed by atoms with Crippen molar-refractivity contribution in [2.24, 2.45) is 5.92 Å². The number of amides is 1. The second-order valence-electron chi connectivity index (χ2n) is 5.74. The van der Waals surface area contributed by atoms with Crippen molar-refractivity contribution in [2.45, 2.75) is 19.4 Å². The summed E-state index contributed by atoms with van der Waals surface area (Å²) in [6.45, 7) is 2.63. The van der Waals surface area contributed by atoms with Gasteiger partial charge in [0.1, 0.15) is 0 Å². The summed E-state index contributed by atoms with van der Waals surface area (Å²) in [4.78, 5) is 14.2. The highest BCUT2D eigenvalue weighted by Gasteiger charge is 2.21. The van der Waals surface area contributed by atoms with E-state index in [1.807, 2.05) is 64.4 Å². The summed E-state index contributed by atoms with van der Waals surface area (Å²) >= 11 is 0. The number of nitrogens with zero attached hydrogens (tertiary/aromatic N) is 3. The minimum absolute atomic E-state index is 0.112. The molecule has 3 rings (SSSR count). The smallest absolute Gasteiger partial charge is 0.246 e. The van der Waals surface area contributed by atoms with Crippen LogP contribution in [0.2, 0.25) is 0 Å². The highest BCUT2D eigenvalue weighted by atomic mass is 16.2. The summed E-state index contributed by atoms with van der Waals surface area (Å²) in [5.74, 6) is 0.725. The van der Waals surface area contributed by atoms with Crippen LogP contribution in [0.5, 0.6) is 0 Å². The number of carbonyl (C=O) groups is 1. The van der Waals surface area contributed by atoms with E-state index in [0.29, 0.717) is 5.92 Å². The van der Waals surface area contributed by atoms with Crippen LogP contribution in [0.25, 0.3) is 6.08 Å². The van der Waals surface area contributed by atoms with Gasteiger partial charge in [0.15, 0.2) is 0 Å². The van der Waals surface area contributed by atoms with Crippen LogP contribution in [-0.2, 0) is 11.3 Å². The molecule has 0 radical (unpaired) electrons. The molecule has 2 heterocycles. The van der Waals surface area contributed by atoms with Gasteiger partial charge in [0.05, 0.1) is 0 Å². The van der Waals surface area contributed by atoms with Gasteiger partial charge in [0.25, 0.3) is 0 Å². The summed E-state index contributed by atoms with van der Waals surface area (Å²) in [6.07, 6.45) is 9.48. The Morgan fingerprint density at radius 1 is 1.18 bits per heavy atom. The lowest BCUT2D eigenvalue weighted by Crippen LogP contribution is -2.38. The van der Waals surface area contributed by atoms with Crippen LogP contribution in [0.3, 0.4) is 0 Å². The molecule has 0 aliphatic carbocycles. The zero-order chi connectivity index (χ0) is 15.2. The molecule has 114 valence electrons. The first-order valence-corrected chi connectivity index (χ1v) is 7.81. The highest BCUT2D eigenvalue weighted by Crippen LogP contribution is 2.19. The van der Waals surface area contributed by atoms with E-state index in [0.717, 1.165) is 38.0 Å². The van der Waals surface area contributed by atoms with Crippen LogP contribution in [0.15, 0.2) is 54.9 Å². The molecule has 0 spiro atoms. The third-order valence-electron chi connectivity index (χ3n) is 4.15. The van der Waals surface area contributed by atoms with Crippen LogP contribution in [-0.4, -0.2) is 33.7 Å². The van der Waals surface area contributed by atoms with Crippen molar-refractivity contribution in [1.82, 2.24) is 14.7 Å². The van der Waals surface area contributed by atoms with Gasteiger partial charge >= 0.3 is 0 Å². The van der Waals surface area contributed by atoms with Crippen LogP contribution >= 0.6 is 0 Å². The molecule has 0 unspecified atom stereocenters. The minimum Gasteiger partial charge on any atom is -0.339 e. The Morgan fingerprint density at radius 3 is 2.64 bits per heavy atom. The Hall–Kier alpha value is -2.36.